The Morgan fingerprint density at radius 1 is 0.900 bits per heavy atom. The molecule has 0 atom stereocenters. The van der Waals surface area contributed by atoms with Gasteiger partial charge < -0.3 is 10.5 Å². The number of nitriles is 1. The van der Waals surface area contributed by atoms with Gasteiger partial charge in [-0.1, -0.05) is 81.5 Å². The van der Waals surface area contributed by atoms with Gasteiger partial charge in [-0.2, -0.15) is 5.26 Å². The van der Waals surface area contributed by atoms with Gasteiger partial charge in [0.2, 0.25) is 0 Å². The number of nitrogen functional groups attached to an aromatic ring is 1. The molecule has 0 spiro atoms. The molecule has 2 N–H and O–H groups in total. The molecule has 1 aromatic heterocycles. The Morgan fingerprint density at radius 3 is 2.30 bits per heavy atom. The molecule has 4 heteroatoms. The van der Waals surface area contributed by atoms with Crippen molar-refractivity contribution in [2.45, 2.75) is 45.4 Å². The number of nitrogens with two attached hydrogens (primary N) is 1. The molecule has 0 radical (unpaired) electrons. The molecule has 0 aliphatic rings. The zero-order valence-electron chi connectivity index (χ0n) is 17.6. The first-order valence-electron chi connectivity index (χ1n) is 10.7. The molecule has 3 aromatic rings. The summed E-state index contributed by atoms with van der Waals surface area (Å²) in [6.07, 6.45) is 7.46. The van der Waals surface area contributed by atoms with Crippen LogP contribution in [0.5, 0.6) is 5.75 Å². The maximum absolute atomic E-state index is 9.60. The van der Waals surface area contributed by atoms with Gasteiger partial charge in [0.1, 0.15) is 23.2 Å². The van der Waals surface area contributed by atoms with E-state index in [0.717, 1.165) is 41.2 Å². The second-order valence-corrected chi connectivity index (χ2v) is 7.43. The molecular weight excluding hydrogens is 370 g/mol. The van der Waals surface area contributed by atoms with Crippen LogP contribution in [0.25, 0.3) is 22.4 Å². The topological polar surface area (TPSA) is 71.9 Å². The molecular formula is C26H29N3O. The van der Waals surface area contributed by atoms with Gasteiger partial charge in [0.05, 0.1) is 12.3 Å². The summed E-state index contributed by atoms with van der Waals surface area (Å²) in [4.78, 5) is 4.43. The summed E-state index contributed by atoms with van der Waals surface area (Å²) < 4.78 is 5.87. The van der Waals surface area contributed by atoms with Crippen molar-refractivity contribution in [2.24, 2.45) is 0 Å². The summed E-state index contributed by atoms with van der Waals surface area (Å²) in [6, 6.07) is 21.8. The molecule has 3 rings (SSSR count). The first-order chi connectivity index (χ1) is 14.7. The Bertz CT molecular complexity index is 976. The lowest BCUT2D eigenvalue weighted by molar-refractivity contribution is 0.304. The lowest BCUT2D eigenvalue weighted by Gasteiger charge is -2.11. The van der Waals surface area contributed by atoms with E-state index >= 15 is 0 Å². The van der Waals surface area contributed by atoms with Crippen molar-refractivity contribution in [2.75, 3.05) is 12.3 Å². The monoisotopic (exact) mass is 399 g/mol. The highest BCUT2D eigenvalue weighted by Gasteiger charge is 2.13. The largest absolute Gasteiger partial charge is 0.494 e. The zero-order chi connectivity index (χ0) is 21.2. The molecule has 0 unspecified atom stereocenters. The van der Waals surface area contributed by atoms with Crippen molar-refractivity contribution < 1.29 is 4.74 Å². The maximum atomic E-state index is 9.60. The van der Waals surface area contributed by atoms with Crippen molar-refractivity contribution in [1.29, 1.82) is 5.26 Å². The molecule has 0 aliphatic heterocycles. The number of aromatic nitrogens is 1. The van der Waals surface area contributed by atoms with Crippen LogP contribution < -0.4 is 10.5 Å². The Balaban J connectivity index is 1.71. The fourth-order valence-electron chi connectivity index (χ4n) is 3.47. The maximum Gasteiger partial charge on any atom is 0.142 e. The van der Waals surface area contributed by atoms with Crippen molar-refractivity contribution in [1.82, 2.24) is 4.98 Å². The Kier molecular flexibility index (Phi) is 7.86. The number of benzene rings is 2. The molecule has 0 bridgehead atoms. The van der Waals surface area contributed by atoms with Gasteiger partial charge in [0.15, 0.2) is 0 Å². The van der Waals surface area contributed by atoms with Crippen LogP contribution in [0, 0.1) is 11.3 Å². The van der Waals surface area contributed by atoms with E-state index in [2.05, 4.69) is 18.0 Å². The minimum atomic E-state index is 0.247. The third kappa shape index (κ3) is 5.61. The van der Waals surface area contributed by atoms with Crippen molar-refractivity contribution in [3.05, 3.63) is 66.2 Å². The normalized spacial score (nSPS) is 10.5. The number of hydrogen-bond donors (Lipinski definition) is 1. The van der Waals surface area contributed by atoms with Crippen LogP contribution in [0.15, 0.2) is 60.7 Å². The lowest BCUT2D eigenvalue weighted by atomic mass is 9.98. The third-order valence-corrected chi connectivity index (χ3v) is 5.16. The average Bonchev–Trinajstić information content (AvgIpc) is 2.79. The fourth-order valence-corrected chi connectivity index (χ4v) is 3.47. The van der Waals surface area contributed by atoms with E-state index in [1.165, 1.54) is 32.1 Å². The highest BCUT2D eigenvalue weighted by molar-refractivity contribution is 5.80. The summed E-state index contributed by atoms with van der Waals surface area (Å²) >= 11 is 0. The van der Waals surface area contributed by atoms with Gasteiger partial charge in [-0.05, 0) is 30.2 Å². The Hall–Kier alpha value is -3.32. The van der Waals surface area contributed by atoms with E-state index in [0.29, 0.717) is 5.56 Å². The van der Waals surface area contributed by atoms with Gasteiger partial charge in [0, 0.05) is 11.1 Å². The van der Waals surface area contributed by atoms with E-state index in [9.17, 15) is 5.26 Å². The average molecular weight is 400 g/mol. The van der Waals surface area contributed by atoms with Crippen molar-refractivity contribution in [3.63, 3.8) is 0 Å². The van der Waals surface area contributed by atoms with Crippen LogP contribution in [0.4, 0.5) is 5.82 Å². The predicted octanol–water partition coefficient (Wildman–Crippen LogP) is 6.61. The van der Waals surface area contributed by atoms with Crippen LogP contribution in [0.2, 0.25) is 0 Å². The highest BCUT2D eigenvalue weighted by atomic mass is 16.5. The minimum absolute atomic E-state index is 0.247. The summed E-state index contributed by atoms with van der Waals surface area (Å²) in [6.45, 7) is 2.96. The zero-order valence-corrected chi connectivity index (χ0v) is 17.6. The molecule has 30 heavy (non-hydrogen) atoms. The number of anilines is 1. The summed E-state index contributed by atoms with van der Waals surface area (Å²) in [7, 11) is 0. The quantitative estimate of drug-likeness (QED) is 0.389. The van der Waals surface area contributed by atoms with Crippen molar-refractivity contribution in [3.8, 4) is 34.2 Å². The van der Waals surface area contributed by atoms with Crippen LogP contribution >= 0.6 is 0 Å². The van der Waals surface area contributed by atoms with Crippen LogP contribution in [-0.4, -0.2) is 11.6 Å². The number of pyridine rings is 1. The second-order valence-electron chi connectivity index (χ2n) is 7.43. The molecule has 0 saturated carbocycles. The fraction of sp³-hybridized carbons (Fsp3) is 0.308. The van der Waals surface area contributed by atoms with E-state index < -0.39 is 0 Å². The van der Waals surface area contributed by atoms with E-state index in [1.54, 1.807) is 0 Å². The molecule has 154 valence electrons. The lowest BCUT2D eigenvalue weighted by Crippen LogP contribution is -2.00. The second kappa shape index (κ2) is 11.0. The van der Waals surface area contributed by atoms with Gasteiger partial charge in [-0.25, -0.2) is 4.98 Å². The molecule has 0 aliphatic carbocycles. The number of unbranched alkanes of at least 4 members (excludes halogenated alkanes) is 5. The van der Waals surface area contributed by atoms with Gasteiger partial charge in [-0.3, -0.25) is 0 Å². The number of hydrogen-bond acceptors (Lipinski definition) is 4. The van der Waals surface area contributed by atoms with Gasteiger partial charge >= 0.3 is 0 Å². The molecule has 1 heterocycles. The smallest absolute Gasteiger partial charge is 0.142 e. The standard InChI is InChI=1S/C26H29N3O/c1-2-3-4-5-6-10-17-30-22-15-13-20(14-16-22)23-18-25(21-11-8-7-9-12-21)29-26(28)24(23)19-27/h7-9,11-16,18H,2-6,10,17H2,1H3,(H2,28,29). The number of rotatable bonds is 10. The summed E-state index contributed by atoms with van der Waals surface area (Å²) in [5.74, 6) is 1.09. The SMILES string of the molecule is CCCCCCCCOc1ccc(-c2cc(-c3ccccc3)nc(N)c2C#N)cc1. The van der Waals surface area contributed by atoms with E-state index in [-0.39, 0.29) is 5.82 Å². The molecule has 0 fully saturated rings. The molecule has 0 amide bonds. The van der Waals surface area contributed by atoms with Gasteiger partial charge in [0.25, 0.3) is 0 Å². The van der Waals surface area contributed by atoms with Crippen LogP contribution in [0.1, 0.15) is 51.0 Å². The highest BCUT2D eigenvalue weighted by Crippen LogP contribution is 2.32. The van der Waals surface area contributed by atoms with E-state index in [4.69, 9.17) is 10.5 Å². The number of ether oxygens (including phenoxy) is 1. The summed E-state index contributed by atoms with van der Waals surface area (Å²) in [5, 5.41) is 9.60. The van der Waals surface area contributed by atoms with E-state index in [1.807, 2.05) is 60.7 Å². The minimum Gasteiger partial charge on any atom is -0.494 e. The molecule has 4 nitrogen and oxygen atoms in total. The first kappa shape index (κ1) is 21.4. The predicted molar refractivity (Wildman–Crippen MR) is 123 cm³/mol. The molecule has 2 aromatic carbocycles. The molecule has 0 saturated heterocycles. The van der Waals surface area contributed by atoms with Crippen LogP contribution in [0.3, 0.4) is 0 Å². The van der Waals surface area contributed by atoms with Gasteiger partial charge in [-0.15, -0.1) is 0 Å². The summed E-state index contributed by atoms with van der Waals surface area (Å²) in [5.41, 5.74) is 9.93. The third-order valence-electron chi connectivity index (χ3n) is 5.16. The van der Waals surface area contributed by atoms with Crippen LogP contribution in [-0.2, 0) is 0 Å². The Morgan fingerprint density at radius 2 is 1.60 bits per heavy atom. The van der Waals surface area contributed by atoms with Crippen molar-refractivity contribution >= 4 is 5.82 Å². The first-order valence-corrected chi connectivity index (χ1v) is 10.7. The Labute approximate surface area is 179 Å². The number of nitrogens with zero attached hydrogens (tertiary/aromatic N) is 2.